The molecule has 2 aliphatic rings. The van der Waals surface area contributed by atoms with Crippen LogP contribution in [-0.2, 0) is 12.8 Å². The summed E-state index contributed by atoms with van der Waals surface area (Å²) < 4.78 is 11.4. The maximum Gasteiger partial charge on any atom is 0.343 e. The van der Waals surface area contributed by atoms with Crippen LogP contribution in [-0.4, -0.2) is 18.5 Å². The van der Waals surface area contributed by atoms with Crippen molar-refractivity contribution in [2.24, 2.45) is 11.3 Å². The predicted molar refractivity (Wildman–Crippen MR) is 147 cm³/mol. The summed E-state index contributed by atoms with van der Waals surface area (Å²) in [5.74, 6) is 0.947. The van der Waals surface area contributed by atoms with Crippen molar-refractivity contribution >= 4 is 28.2 Å². The molecule has 1 aliphatic heterocycles. The molecule has 0 saturated heterocycles. The van der Waals surface area contributed by atoms with Gasteiger partial charge >= 0.3 is 5.97 Å². The van der Waals surface area contributed by atoms with Gasteiger partial charge in [-0.3, -0.25) is 4.79 Å². The number of esters is 1. The maximum atomic E-state index is 13.3. The molecule has 37 heavy (non-hydrogen) atoms. The lowest BCUT2D eigenvalue weighted by Gasteiger charge is -2.36. The van der Waals surface area contributed by atoms with Gasteiger partial charge in [0.2, 0.25) is 0 Å². The van der Waals surface area contributed by atoms with Gasteiger partial charge in [0.25, 0.3) is 5.91 Å². The number of fused-ring (bicyclic) bond motifs is 3. The number of nitrogens with one attached hydrogen (secondary N) is 2. The zero-order chi connectivity index (χ0) is 26.2. The lowest BCUT2D eigenvalue weighted by atomic mass is 9.69. The first-order valence-electron chi connectivity index (χ1n) is 13.1. The highest BCUT2D eigenvalue weighted by molar-refractivity contribution is 7.16. The third-order valence-corrected chi connectivity index (χ3v) is 9.06. The Balaban J connectivity index is 1.38. The van der Waals surface area contributed by atoms with E-state index >= 15 is 0 Å². The van der Waals surface area contributed by atoms with Crippen molar-refractivity contribution in [3.63, 3.8) is 0 Å². The fourth-order valence-corrected chi connectivity index (χ4v) is 6.56. The van der Waals surface area contributed by atoms with Gasteiger partial charge in [-0.05, 0) is 72.9 Å². The normalized spacial score (nSPS) is 18.8. The van der Waals surface area contributed by atoms with Crippen molar-refractivity contribution in [1.29, 1.82) is 0 Å². The van der Waals surface area contributed by atoms with Crippen molar-refractivity contribution in [1.82, 2.24) is 5.32 Å². The van der Waals surface area contributed by atoms with Crippen LogP contribution in [0.2, 0.25) is 0 Å². The predicted octanol–water partition coefficient (Wildman–Crippen LogP) is 6.76. The zero-order valence-corrected chi connectivity index (χ0v) is 22.7. The molecule has 0 saturated carbocycles. The molecule has 0 spiro atoms. The molecule has 1 amide bonds. The van der Waals surface area contributed by atoms with Crippen molar-refractivity contribution in [2.45, 2.75) is 59.5 Å². The monoisotopic (exact) mass is 518 g/mol. The minimum atomic E-state index is -0.447. The van der Waals surface area contributed by atoms with Crippen LogP contribution in [0.4, 0.5) is 5.00 Å². The summed E-state index contributed by atoms with van der Waals surface area (Å²) in [5.41, 5.74) is 3.61. The van der Waals surface area contributed by atoms with Gasteiger partial charge in [-0.2, -0.15) is 0 Å². The van der Waals surface area contributed by atoms with E-state index in [1.807, 2.05) is 25.1 Å². The van der Waals surface area contributed by atoms with E-state index in [9.17, 15) is 9.59 Å². The molecule has 1 aliphatic carbocycles. The molecular formula is C30H34N2O4S. The Morgan fingerprint density at radius 1 is 1.08 bits per heavy atom. The molecule has 2 N–H and O–H groups in total. The SMILES string of the molecule is CCOc1cc([C@H]2NC(=O)c3c(sc4c3CC[C@@H](C(C)(C)CC)C4)N2)ccc1OC(=O)c1ccccc1. The van der Waals surface area contributed by atoms with Crippen LogP contribution in [0.5, 0.6) is 11.5 Å². The number of ether oxygens (including phenoxy) is 2. The lowest BCUT2D eigenvalue weighted by molar-refractivity contribution is 0.0728. The molecule has 0 unspecified atom stereocenters. The molecule has 194 valence electrons. The van der Waals surface area contributed by atoms with Gasteiger partial charge < -0.3 is 20.1 Å². The van der Waals surface area contributed by atoms with Gasteiger partial charge in [0.15, 0.2) is 11.5 Å². The minimum Gasteiger partial charge on any atom is -0.490 e. The number of rotatable bonds is 7. The van der Waals surface area contributed by atoms with E-state index < -0.39 is 12.1 Å². The highest BCUT2D eigenvalue weighted by atomic mass is 32.1. The number of hydrogen-bond donors (Lipinski definition) is 2. The lowest BCUT2D eigenvalue weighted by Crippen LogP contribution is -2.38. The van der Waals surface area contributed by atoms with Gasteiger partial charge in [-0.1, -0.05) is 51.5 Å². The Morgan fingerprint density at radius 3 is 2.59 bits per heavy atom. The van der Waals surface area contributed by atoms with Crippen LogP contribution in [0, 0.1) is 11.3 Å². The average molecular weight is 519 g/mol. The van der Waals surface area contributed by atoms with Crippen LogP contribution in [0.15, 0.2) is 48.5 Å². The molecule has 0 bridgehead atoms. The van der Waals surface area contributed by atoms with Crippen molar-refractivity contribution in [3.05, 3.63) is 75.7 Å². The topological polar surface area (TPSA) is 76.7 Å². The minimum absolute atomic E-state index is 0.0398. The number of carbonyl (C=O) groups excluding carboxylic acids is 2. The number of anilines is 1. The van der Waals surface area contributed by atoms with Crippen LogP contribution >= 0.6 is 11.3 Å². The molecule has 6 nitrogen and oxygen atoms in total. The average Bonchev–Trinajstić information content (AvgIpc) is 3.28. The largest absolute Gasteiger partial charge is 0.490 e. The van der Waals surface area contributed by atoms with Crippen LogP contribution in [0.1, 0.15) is 83.4 Å². The third kappa shape index (κ3) is 4.97. The number of thiophene rings is 1. The molecule has 2 aromatic carbocycles. The summed E-state index contributed by atoms with van der Waals surface area (Å²) >= 11 is 1.72. The van der Waals surface area contributed by atoms with Crippen LogP contribution in [0.25, 0.3) is 0 Å². The molecule has 7 heteroatoms. The molecule has 5 rings (SSSR count). The molecule has 1 aromatic heterocycles. The standard InChI is InChI=1S/C30H34N2O4S/c1-5-30(3,4)20-13-14-21-24(17-20)37-28-25(21)27(33)31-26(32-28)19-12-15-22(23(16-19)35-6-2)36-29(34)18-10-8-7-9-11-18/h7-12,15-16,20,26,32H,5-6,13-14,17H2,1-4H3,(H,31,33)/t20-,26+/m1/s1. The van der Waals surface area contributed by atoms with Crippen LogP contribution < -0.4 is 20.1 Å². The first kappa shape index (κ1) is 25.3. The van der Waals surface area contributed by atoms with Crippen molar-refractivity contribution in [3.8, 4) is 11.5 Å². The van der Waals surface area contributed by atoms with Gasteiger partial charge in [0, 0.05) is 4.88 Å². The summed E-state index contributed by atoms with van der Waals surface area (Å²) in [6.07, 6.45) is 3.85. The Kier molecular flexibility index (Phi) is 6.99. The Hall–Kier alpha value is -3.32. The number of hydrogen-bond acceptors (Lipinski definition) is 6. The Bertz CT molecular complexity index is 1310. The fraction of sp³-hybridized carbons (Fsp3) is 0.400. The zero-order valence-electron chi connectivity index (χ0n) is 21.9. The second-order valence-corrected chi connectivity index (χ2v) is 11.5. The molecule has 0 fully saturated rings. The Labute approximate surface area is 222 Å². The summed E-state index contributed by atoms with van der Waals surface area (Å²) in [6, 6.07) is 14.3. The number of amides is 1. The Morgan fingerprint density at radius 2 is 1.86 bits per heavy atom. The molecule has 0 radical (unpaired) electrons. The van der Waals surface area contributed by atoms with Gasteiger partial charge in [0.1, 0.15) is 11.2 Å². The van der Waals surface area contributed by atoms with E-state index in [2.05, 4.69) is 31.4 Å². The first-order valence-corrected chi connectivity index (χ1v) is 13.9. The van der Waals surface area contributed by atoms with E-state index in [1.54, 1.807) is 41.7 Å². The fourth-order valence-electron chi connectivity index (χ4n) is 5.21. The molecule has 3 aromatic rings. The van der Waals surface area contributed by atoms with E-state index in [4.69, 9.17) is 9.47 Å². The van der Waals surface area contributed by atoms with Crippen LogP contribution in [0.3, 0.4) is 0 Å². The van der Waals surface area contributed by atoms with E-state index in [1.165, 1.54) is 10.4 Å². The molecule has 2 heterocycles. The highest BCUT2D eigenvalue weighted by Gasteiger charge is 2.37. The van der Waals surface area contributed by atoms with E-state index in [-0.39, 0.29) is 5.91 Å². The summed E-state index contributed by atoms with van der Waals surface area (Å²) in [6.45, 7) is 9.27. The number of carbonyl (C=O) groups is 2. The van der Waals surface area contributed by atoms with Gasteiger partial charge in [-0.15, -0.1) is 11.3 Å². The first-order chi connectivity index (χ1) is 17.8. The summed E-state index contributed by atoms with van der Waals surface area (Å²) in [4.78, 5) is 27.2. The van der Waals surface area contributed by atoms with Crippen molar-refractivity contribution in [2.75, 3.05) is 11.9 Å². The molecular weight excluding hydrogens is 484 g/mol. The van der Waals surface area contributed by atoms with Crippen molar-refractivity contribution < 1.29 is 19.1 Å². The van der Waals surface area contributed by atoms with E-state index in [0.717, 1.165) is 41.8 Å². The smallest absolute Gasteiger partial charge is 0.343 e. The molecule has 2 atom stereocenters. The summed E-state index contributed by atoms with van der Waals surface area (Å²) in [5, 5.41) is 7.61. The second kappa shape index (κ2) is 10.2. The quantitative estimate of drug-likeness (QED) is 0.267. The van der Waals surface area contributed by atoms with Gasteiger partial charge in [-0.25, -0.2) is 4.79 Å². The number of benzene rings is 2. The summed E-state index contributed by atoms with van der Waals surface area (Å²) in [7, 11) is 0. The highest BCUT2D eigenvalue weighted by Crippen LogP contribution is 2.47. The van der Waals surface area contributed by atoms with E-state index in [0.29, 0.717) is 35.0 Å². The third-order valence-electron chi connectivity index (χ3n) is 7.87. The van der Waals surface area contributed by atoms with Gasteiger partial charge in [0.05, 0.1) is 17.7 Å². The maximum absolute atomic E-state index is 13.3. The second-order valence-electron chi connectivity index (χ2n) is 10.4.